The molecule has 0 aliphatic carbocycles. The average Bonchev–Trinajstić information content (AvgIpc) is 2.78. The lowest BCUT2D eigenvalue weighted by Crippen LogP contribution is -2.10. The van der Waals surface area contributed by atoms with Crippen molar-refractivity contribution < 1.29 is 17.9 Å². The summed E-state index contributed by atoms with van der Waals surface area (Å²) in [6.45, 7) is 4.13. The quantitative estimate of drug-likeness (QED) is 0.272. The number of aryl methyl sites for hydroxylation is 2. The fourth-order valence-corrected chi connectivity index (χ4v) is 4.20. The largest absolute Gasteiger partial charge is 0.450 e. The summed E-state index contributed by atoms with van der Waals surface area (Å²) >= 11 is 0. The molecule has 4 rings (SSSR count). The molecule has 0 saturated carbocycles. The predicted molar refractivity (Wildman–Crippen MR) is 118 cm³/mol. The van der Waals surface area contributed by atoms with Crippen LogP contribution in [0.2, 0.25) is 0 Å². The molecule has 0 N–H and O–H groups in total. The van der Waals surface area contributed by atoms with Gasteiger partial charge in [-0.3, -0.25) is 0 Å². The molecule has 3 aromatic carbocycles. The molecule has 0 aromatic heterocycles. The third-order valence-electron chi connectivity index (χ3n) is 5.94. The summed E-state index contributed by atoms with van der Waals surface area (Å²) in [4.78, 5) is 0. The van der Waals surface area contributed by atoms with Crippen molar-refractivity contribution in [2.75, 3.05) is 0 Å². The van der Waals surface area contributed by atoms with Crippen molar-refractivity contribution >= 4 is 0 Å². The van der Waals surface area contributed by atoms with Crippen LogP contribution in [-0.4, -0.2) is 0 Å². The van der Waals surface area contributed by atoms with E-state index in [0.717, 1.165) is 25.7 Å². The SMILES string of the molecule is CCCCCc1ccc(-c2cc3c(c(F)c2F)Oc2c(ccc(CCC)c2F)C3)cc1. The standard InChI is InChI=1S/C27H27F3O/c1-3-5-6-8-17-9-11-18(12-10-17)22-16-21-15-20-14-13-19(7-4-2)23(28)26(20)31-27(21)25(30)24(22)29/h9-14,16H,3-8,15H2,1-2H3. The smallest absolute Gasteiger partial charge is 0.202 e. The molecule has 1 aliphatic heterocycles. The van der Waals surface area contributed by atoms with Gasteiger partial charge in [-0.25, -0.2) is 8.78 Å². The zero-order chi connectivity index (χ0) is 22.0. The molecule has 4 heteroatoms. The van der Waals surface area contributed by atoms with Crippen LogP contribution >= 0.6 is 0 Å². The Balaban J connectivity index is 1.66. The Bertz CT molecular complexity index is 1090. The fourth-order valence-electron chi connectivity index (χ4n) is 4.20. The molecule has 1 nitrogen and oxygen atoms in total. The molecule has 0 bridgehead atoms. The van der Waals surface area contributed by atoms with Crippen molar-refractivity contribution in [1.29, 1.82) is 0 Å². The van der Waals surface area contributed by atoms with Gasteiger partial charge in [0.05, 0.1) is 0 Å². The zero-order valence-electron chi connectivity index (χ0n) is 18.0. The van der Waals surface area contributed by atoms with Gasteiger partial charge in [-0.15, -0.1) is 0 Å². The van der Waals surface area contributed by atoms with E-state index < -0.39 is 17.5 Å². The first kappa shape index (κ1) is 21.5. The van der Waals surface area contributed by atoms with Crippen molar-refractivity contribution in [1.82, 2.24) is 0 Å². The van der Waals surface area contributed by atoms with Crippen molar-refractivity contribution in [2.24, 2.45) is 0 Å². The van der Waals surface area contributed by atoms with Gasteiger partial charge in [0.1, 0.15) is 0 Å². The van der Waals surface area contributed by atoms with Gasteiger partial charge >= 0.3 is 0 Å². The van der Waals surface area contributed by atoms with Crippen LogP contribution in [0.25, 0.3) is 11.1 Å². The Morgan fingerprint density at radius 1 is 0.742 bits per heavy atom. The molecule has 0 fully saturated rings. The van der Waals surface area contributed by atoms with E-state index in [1.807, 2.05) is 37.3 Å². The average molecular weight is 425 g/mol. The van der Waals surface area contributed by atoms with Crippen LogP contribution in [0.15, 0.2) is 42.5 Å². The molecule has 162 valence electrons. The lowest BCUT2D eigenvalue weighted by molar-refractivity contribution is 0.380. The van der Waals surface area contributed by atoms with Crippen LogP contribution < -0.4 is 4.74 Å². The summed E-state index contributed by atoms with van der Waals surface area (Å²) < 4.78 is 50.3. The van der Waals surface area contributed by atoms with Crippen LogP contribution in [0, 0.1) is 17.5 Å². The predicted octanol–water partition coefficient (Wildman–Crippen LogP) is 8.15. The first-order valence-electron chi connectivity index (χ1n) is 11.1. The minimum absolute atomic E-state index is 0.0148. The molecule has 1 heterocycles. The van der Waals surface area contributed by atoms with E-state index in [-0.39, 0.29) is 17.1 Å². The summed E-state index contributed by atoms with van der Waals surface area (Å²) in [5.74, 6) is -2.71. The van der Waals surface area contributed by atoms with Crippen molar-refractivity contribution in [3.63, 3.8) is 0 Å². The van der Waals surface area contributed by atoms with Gasteiger partial charge in [0.2, 0.25) is 5.82 Å². The lowest BCUT2D eigenvalue weighted by Gasteiger charge is -2.23. The maximum Gasteiger partial charge on any atom is 0.202 e. The Morgan fingerprint density at radius 3 is 2.19 bits per heavy atom. The van der Waals surface area contributed by atoms with E-state index >= 15 is 0 Å². The molecular weight excluding hydrogens is 397 g/mol. The number of fused-ring (bicyclic) bond motifs is 2. The van der Waals surface area contributed by atoms with Gasteiger partial charge in [0.15, 0.2) is 23.1 Å². The van der Waals surface area contributed by atoms with Crippen LogP contribution in [-0.2, 0) is 19.3 Å². The lowest BCUT2D eigenvalue weighted by atomic mass is 9.93. The number of hydrogen-bond acceptors (Lipinski definition) is 1. The number of halogens is 3. The molecule has 0 spiro atoms. The Labute approximate surface area is 181 Å². The van der Waals surface area contributed by atoms with E-state index in [0.29, 0.717) is 35.1 Å². The maximum absolute atomic E-state index is 15.0. The molecule has 0 unspecified atom stereocenters. The highest BCUT2D eigenvalue weighted by molar-refractivity contribution is 5.68. The monoisotopic (exact) mass is 424 g/mol. The summed E-state index contributed by atoms with van der Waals surface area (Å²) in [6, 6.07) is 12.8. The fraction of sp³-hybridized carbons (Fsp3) is 0.333. The van der Waals surface area contributed by atoms with Crippen LogP contribution in [0.3, 0.4) is 0 Å². The van der Waals surface area contributed by atoms with Crippen LogP contribution in [0.1, 0.15) is 61.8 Å². The normalized spacial score (nSPS) is 12.3. The first-order chi connectivity index (χ1) is 15.0. The molecule has 0 atom stereocenters. The topological polar surface area (TPSA) is 9.23 Å². The van der Waals surface area contributed by atoms with Gasteiger partial charge in [-0.2, -0.15) is 4.39 Å². The third-order valence-corrected chi connectivity index (χ3v) is 5.94. The Hall–Kier alpha value is -2.75. The minimum atomic E-state index is -1.06. The van der Waals surface area contributed by atoms with Crippen LogP contribution in [0.4, 0.5) is 13.2 Å². The second kappa shape index (κ2) is 9.17. The molecular formula is C27H27F3O. The summed E-state index contributed by atoms with van der Waals surface area (Å²) in [6.07, 6.45) is 6.08. The van der Waals surface area contributed by atoms with Crippen molar-refractivity contribution in [2.45, 2.75) is 58.8 Å². The summed E-state index contributed by atoms with van der Waals surface area (Å²) in [5.41, 5.74) is 3.71. The second-order valence-corrected chi connectivity index (χ2v) is 8.25. The van der Waals surface area contributed by atoms with Crippen LogP contribution in [0.5, 0.6) is 11.5 Å². The molecule has 0 saturated heterocycles. The maximum atomic E-state index is 15.0. The molecule has 31 heavy (non-hydrogen) atoms. The van der Waals surface area contributed by atoms with E-state index in [9.17, 15) is 13.2 Å². The van der Waals surface area contributed by atoms with E-state index in [2.05, 4.69) is 6.92 Å². The van der Waals surface area contributed by atoms with Gasteiger partial charge < -0.3 is 4.74 Å². The molecule has 1 aliphatic rings. The highest BCUT2D eigenvalue weighted by Gasteiger charge is 2.28. The van der Waals surface area contributed by atoms with Crippen molar-refractivity contribution in [3.8, 4) is 22.6 Å². The van der Waals surface area contributed by atoms with Gasteiger partial charge in [-0.05, 0) is 42.0 Å². The molecule has 0 radical (unpaired) electrons. The highest BCUT2D eigenvalue weighted by atomic mass is 19.2. The number of hydrogen-bond donors (Lipinski definition) is 0. The van der Waals surface area contributed by atoms with E-state index in [4.69, 9.17) is 4.74 Å². The molecule has 3 aromatic rings. The van der Waals surface area contributed by atoms with Gasteiger partial charge in [0, 0.05) is 23.1 Å². The zero-order valence-corrected chi connectivity index (χ0v) is 18.0. The third kappa shape index (κ3) is 4.21. The summed E-state index contributed by atoms with van der Waals surface area (Å²) in [7, 11) is 0. The van der Waals surface area contributed by atoms with E-state index in [1.165, 1.54) is 12.0 Å². The van der Waals surface area contributed by atoms with Gasteiger partial charge in [-0.1, -0.05) is 69.5 Å². The van der Waals surface area contributed by atoms with Gasteiger partial charge in [0.25, 0.3) is 0 Å². The minimum Gasteiger partial charge on any atom is -0.450 e. The van der Waals surface area contributed by atoms with Crippen molar-refractivity contribution in [3.05, 3.63) is 82.2 Å². The molecule has 0 amide bonds. The highest BCUT2D eigenvalue weighted by Crippen LogP contribution is 2.43. The number of benzene rings is 3. The Morgan fingerprint density at radius 2 is 1.48 bits per heavy atom. The summed E-state index contributed by atoms with van der Waals surface area (Å²) in [5, 5.41) is 0. The number of ether oxygens (including phenoxy) is 1. The van der Waals surface area contributed by atoms with E-state index in [1.54, 1.807) is 12.1 Å². The second-order valence-electron chi connectivity index (χ2n) is 8.25. The Kier molecular flexibility index (Phi) is 6.35. The number of unbranched alkanes of at least 4 members (excludes halogenated alkanes) is 2. The number of rotatable bonds is 7. The first-order valence-corrected chi connectivity index (χ1v) is 11.1.